The maximum absolute atomic E-state index is 12.4. The highest BCUT2D eigenvalue weighted by molar-refractivity contribution is 6.02. The van der Waals surface area contributed by atoms with Crippen LogP contribution in [0.25, 0.3) is 6.08 Å². The van der Waals surface area contributed by atoms with Crippen molar-refractivity contribution in [3.63, 3.8) is 0 Å². The third-order valence-corrected chi connectivity index (χ3v) is 3.75. The number of rotatable bonds is 4. The molecule has 0 aliphatic rings. The third kappa shape index (κ3) is 4.31. The Hall–Kier alpha value is -2.86. The molecule has 0 spiro atoms. The Morgan fingerprint density at radius 1 is 1.17 bits per heavy atom. The van der Waals surface area contributed by atoms with Crippen LogP contribution in [0.3, 0.4) is 0 Å². The Kier molecular flexibility index (Phi) is 5.32. The summed E-state index contributed by atoms with van der Waals surface area (Å²) >= 11 is 0. The van der Waals surface area contributed by atoms with E-state index in [1.165, 1.54) is 0 Å². The van der Waals surface area contributed by atoms with Gasteiger partial charge in [0.15, 0.2) is 0 Å². The number of hydrogen-bond donors (Lipinski definition) is 1. The maximum atomic E-state index is 12.4. The van der Waals surface area contributed by atoms with Crippen LogP contribution < -0.4 is 5.32 Å². The van der Waals surface area contributed by atoms with E-state index in [1.54, 1.807) is 6.08 Å². The standard InChI is InChI=1S/C20H20N2O/c1-14-9-10-15(2)18(11-14)12-19(13-21)20(23)22-16(3)17-7-5-4-6-8-17/h4-12,16H,1-3H3,(H,22,23)/b19-12+/t16-/m0/s1. The van der Waals surface area contributed by atoms with E-state index in [-0.39, 0.29) is 17.5 Å². The zero-order valence-corrected chi connectivity index (χ0v) is 13.6. The summed E-state index contributed by atoms with van der Waals surface area (Å²) in [4.78, 5) is 12.4. The van der Waals surface area contributed by atoms with Crippen molar-refractivity contribution < 1.29 is 4.79 Å². The lowest BCUT2D eigenvalue weighted by Gasteiger charge is -2.14. The molecule has 0 aromatic heterocycles. The predicted octanol–water partition coefficient (Wildman–Crippen LogP) is 4.09. The average Bonchev–Trinajstić information content (AvgIpc) is 2.56. The molecular formula is C20H20N2O. The molecule has 0 saturated heterocycles. The van der Waals surface area contributed by atoms with Crippen molar-refractivity contribution in [1.29, 1.82) is 5.26 Å². The molecule has 0 aliphatic heterocycles. The number of aryl methyl sites for hydroxylation is 2. The van der Waals surface area contributed by atoms with Crippen LogP contribution in [-0.2, 0) is 4.79 Å². The van der Waals surface area contributed by atoms with Gasteiger partial charge in [0.25, 0.3) is 5.91 Å². The van der Waals surface area contributed by atoms with Gasteiger partial charge in [0, 0.05) is 0 Å². The number of nitrogens with zero attached hydrogens (tertiary/aromatic N) is 1. The number of carbonyl (C=O) groups excluding carboxylic acids is 1. The third-order valence-electron chi connectivity index (χ3n) is 3.75. The van der Waals surface area contributed by atoms with E-state index in [4.69, 9.17) is 0 Å². The van der Waals surface area contributed by atoms with Gasteiger partial charge in [-0.1, -0.05) is 54.1 Å². The van der Waals surface area contributed by atoms with E-state index in [0.29, 0.717) is 0 Å². The van der Waals surface area contributed by atoms with Gasteiger partial charge < -0.3 is 5.32 Å². The van der Waals surface area contributed by atoms with Crippen LogP contribution in [0.4, 0.5) is 0 Å². The van der Waals surface area contributed by atoms with Gasteiger partial charge in [-0.25, -0.2) is 0 Å². The number of hydrogen-bond acceptors (Lipinski definition) is 2. The van der Waals surface area contributed by atoms with Crippen LogP contribution >= 0.6 is 0 Å². The first-order chi connectivity index (χ1) is 11.0. The lowest BCUT2D eigenvalue weighted by Crippen LogP contribution is -2.27. The monoisotopic (exact) mass is 304 g/mol. The molecule has 2 aromatic carbocycles. The summed E-state index contributed by atoms with van der Waals surface area (Å²) in [5.74, 6) is -0.357. The fourth-order valence-electron chi connectivity index (χ4n) is 2.32. The van der Waals surface area contributed by atoms with Gasteiger partial charge in [-0.3, -0.25) is 4.79 Å². The summed E-state index contributed by atoms with van der Waals surface area (Å²) in [5, 5.41) is 12.2. The van der Waals surface area contributed by atoms with Gasteiger partial charge in [0.1, 0.15) is 11.6 Å². The minimum Gasteiger partial charge on any atom is -0.345 e. The van der Waals surface area contributed by atoms with E-state index in [0.717, 1.165) is 22.3 Å². The normalized spacial score (nSPS) is 12.3. The number of nitriles is 1. The van der Waals surface area contributed by atoms with Gasteiger partial charge in [0.2, 0.25) is 0 Å². The van der Waals surface area contributed by atoms with Crippen LogP contribution in [0.1, 0.15) is 35.2 Å². The molecule has 1 atom stereocenters. The fraction of sp³-hybridized carbons (Fsp3) is 0.200. The largest absolute Gasteiger partial charge is 0.345 e. The van der Waals surface area contributed by atoms with E-state index in [2.05, 4.69) is 5.32 Å². The minimum atomic E-state index is -0.357. The SMILES string of the molecule is Cc1ccc(C)c(/C=C(\C#N)C(=O)N[C@@H](C)c2ccccc2)c1. The molecule has 0 bridgehead atoms. The van der Waals surface area contributed by atoms with Crippen molar-refractivity contribution in [3.05, 3.63) is 76.4 Å². The number of carbonyl (C=O) groups is 1. The molecule has 116 valence electrons. The smallest absolute Gasteiger partial charge is 0.262 e. The first-order valence-corrected chi connectivity index (χ1v) is 7.56. The second-order valence-electron chi connectivity index (χ2n) is 5.64. The molecule has 1 amide bonds. The Morgan fingerprint density at radius 2 is 1.87 bits per heavy atom. The highest BCUT2D eigenvalue weighted by atomic mass is 16.1. The molecule has 0 aliphatic carbocycles. The summed E-state index contributed by atoms with van der Waals surface area (Å²) in [6, 6.07) is 17.5. The molecule has 3 nitrogen and oxygen atoms in total. The Bertz CT molecular complexity index is 770. The zero-order chi connectivity index (χ0) is 16.8. The Morgan fingerprint density at radius 3 is 2.52 bits per heavy atom. The van der Waals surface area contributed by atoms with Crippen molar-refractivity contribution in [2.24, 2.45) is 0 Å². The zero-order valence-electron chi connectivity index (χ0n) is 13.6. The Labute approximate surface area is 137 Å². The van der Waals surface area contributed by atoms with E-state index >= 15 is 0 Å². The molecule has 0 radical (unpaired) electrons. The molecule has 0 fully saturated rings. The number of nitrogens with one attached hydrogen (secondary N) is 1. The van der Waals surface area contributed by atoms with Gasteiger partial charge in [-0.2, -0.15) is 5.26 Å². The van der Waals surface area contributed by atoms with E-state index in [1.807, 2.05) is 75.4 Å². The molecule has 2 aromatic rings. The number of amides is 1. The van der Waals surface area contributed by atoms with Gasteiger partial charge in [-0.05, 0) is 43.5 Å². The summed E-state index contributed by atoms with van der Waals surface area (Å²) < 4.78 is 0. The van der Waals surface area contributed by atoms with Crippen LogP contribution in [-0.4, -0.2) is 5.91 Å². The molecular weight excluding hydrogens is 284 g/mol. The fourth-order valence-corrected chi connectivity index (χ4v) is 2.32. The quantitative estimate of drug-likeness (QED) is 0.683. The van der Waals surface area contributed by atoms with Crippen LogP contribution in [0.5, 0.6) is 0 Å². The molecule has 0 unspecified atom stereocenters. The Balaban J connectivity index is 2.20. The molecule has 0 saturated carbocycles. The van der Waals surface area contributed by atoms with Gasteiger partial charge in [0.05, 0.1) is 6.04 Å². The molecule has 0 heterocycles. The molecule has 2 rings (SSSR count). The number of benzene rings is 2. The summed E-state index contributed by atoms with van der Waals surface area (Å²) in [7, 11) is 0. The average molecular weight is 304 g/mol. The second kappa shape index (κ2) is 7.42. The lowest BCUT2D eigenvalue weighted by molar-refractivity contribution is -0.117. The lowest BCUT2D eigenvalue weighted by atomic mass is 10.0. The van der Waals surface area contributed by atoms with E-state index in [9.17, 15) is 10.1 Å². The molecule has 23 heavy (non-hydrogen) atoms. The second-order valence-corrected chi connectivity index (χ2v) is 5.64. The highest BCUT2D eigenvalue weighted by Gasteiger charge is 2.14. The van der Waals surface area contributed by atoms with Crippen molar-refractivity contribution in [3.8, 4) is 6.07 Å². The van der Waals surface area contributed by atoms with Gasteiger partial charge >= 0.3 is 0 Å². The van der Waals surface area contributed by atoms with Crippen molar-refractivity contribution in [2.45, 2.75) is 26.8 Å². The minimum absolute atomic E-state index is 0.112. The first kappa shape index (κ1) is 16.5. The first-order valence-electron chi connectivity index (χ1n) is 7.56. The van der Waals surface area contributed by atoms with Crippen LogP contribution in [0.2, 0.25) is 0 Å². The van der Waals surface area contributed by atoms with Crippen LogP contribution in [0.15, 0.2) is 54.1 Å². The summed E-state index contributed by atoms with van der Waals surface area (Å²) in [6.45, 7) is 5.85. The van der Waals surface area contributed by atoms with E-state index < -0.39 is 0 Å². The maximum Gasteiger partial charge on any atom is 0.262 e. The topological polar surface area (TPSA) is 52.9 Å². The van der Waals surface area contributed by atoms with Crippen molar-refractivity contribution >= 4 is 12.0 Å². The predicted molar refractivity (Wildman–Crippen MR) is 92.5 cm³/mol. The summed E-state index contributed by atoms with van der Waals surface area (Å²) in [5.41, 5.74) is 4.14. The highest BCUT2D eigenvalue weighted by Crippen LogP contribution is 2.16. The van der Waals surface area contributed by atoms with Crippen molar-refractivity contribution in [2.75, 3.05) is 0 Å². The molecule has 3 heteroatoms. The van der Waals surface area contributed by atoms with Gasteiger partial charge in [-0.15, -0.1) is 0 Å². The summed E-state index contributed by atoms with van der Waals surface area (Å²) in [6.07, 6.45) is 1.65. The molecule has 1 N–H and O–H groups in total. The van der Waals surface area contributed by atoms with Crippen LogP contribution in [0, 0.1) is 25.2 Å². The van der Waals surface area contributed by atoms with Crippen molar-refractivity contribution in [1.82, 2.24) is 5.32 Å².